The number of anilines is 1. The molecule has 7 nitrogen and oxygen atoms in total. The van der Waals surface area contributed by atoms with E-state index in [9.17, 15) is 4.79 Å². The lowest BCUT2D eigenvalue weighted by Gasteiger charge is -2.34. The highest BCUT2D eigenvalue weighted by atomic mass is 32.1. The monoisotopic (exact) mass is 334 g/mol. The average molecular weight is 334 g/mol. The number of nitrogens with one attached hydrogen (secondary N) is 1. The summed E-state index contributed by atoms with van der Waals surface area (Å²) < 4.78 is 1.91. The Morgan fingerprint density at radius 1 is 1.30 bits per heavy atom. The topological polar surface area (TPSA) is 66.3 Å². The molecule has 1 saturated heterocycles. The number of rotatable bonds is 3. The Morgan fingerprint density at radius 3 is 2.61 bits per heavy atom. The van der Waals surface area contributed by atoms with Crippen molar-refractivity contribution in [2.45, 2.75) is 20.4 Å². The van der Waals surface area contributed by atoms with E-state index < -0.39 is 0 Å². The third kappa shape index (κ3) is 3.47. The maximum absolute atomic E-state index is 12.3. The number of carbonyl (C=O) groups is 1. The van der Waals surface area contributed by atoms with Crippen LogP contribution in [0.15, 0.2) is 12.4 Å². The second-order valence-electron chi connectivity index (χ2n) is 5.73. The highest BCUT2D eigenvalue weighted by molar-refractivity contribution is 7.15. The number of hydrogen-bond donors (Lipinski definition) is 1. The molecule has 0 spiro atoms. The van der Waals surface area contributed by atoms with Gasteiger partial charge in [0.05, 0.1) is 12.2 Å². The Labute approximate surface area is 139 Å². The van der Waals surface area contributed by atoms with Crippen molar-refractivity contribution in [3.8, 4) is 0 Å². The van der Waals surface area contributed by atoms with Crippen molar-refractivity contribution >= 4 is 22.5 Å². The van der Waals surface area contributed by atoms with Crippen LogP contribution in [-0.2, 0) is 13.6 Å². The zero-order chi connectivity index (χ0) is 16.4. The molecule has 124 valence electrons. The summed E-state index contributed by atoms with van der Waals surface area (Å²) in [5.41, 5.74) is 1.10. The fourth-order valence-corrected chi connectivity index (χ4v) is 3.49. The first-order valence-corrected chi connectivity index (χ1v) is 8.54. The zero-order valence-corrected chi connectivity index (χ0v) is 14.6. The predicted octanol–water partition coefficient (Wildman–Crippen LogP) is 1.53. The van der Waals surface area contributed by atoms with E-state index >= 15 is 0 Å². The van der Waals surface area contributed by atoms with Gasteiger partial charge in [-0.05, 0) is 13.8 Å². The van der Waals surface area contributed by atoms with E-state index in [2.05, 4.69) is 27.1 Å². The number of aromatic nitrogens is 3. The standard InChI is InChI=1S/C15H22N6OS/c1-11-12(2)23-15(18-11)21-8-6-20(7-9-21)14(22)17-10-13-16-4-5-19(13)3/h4-5H,6-10H2,1-3H3,(H,17,22). The van der Waals surface area contributed by atoms with Crippen molar-refractivity contribution in [1.29, 1.82) is 0 Å². The molecule has 1 N–H and O–H groups in total. The van der Waals surface area contributed by atoms with Crippen LogP contribution in [0.2, 0.25) is 0 Å². The summed E-state index contributed by atoms with van der Waals surface area (Å²) in [7, 11) is 1.92. The van der Waals surface area contributed by atoms with Crippen LogP contribution in [0.4, 0.5) is 9.93 Å². The van der Waals surface area contributed by atoms with Gasteiger partial charge >= 0.3 is 6.03 Å². The molecule has 8 heteroatoms. The van der Waals surface area contributed by atoms with E-state index in [1.54, 1.807) is 17.5 Å². The highest BCUT2D eigenvalue weighted by Crippen LogP contribution is 2.25. The van der Waals surface area contributed by atoms with E-state index in [-0.39, 0.29) is 6.03 Å². The lowest BCUT2D eigenvalue weighted by molar-refractivity contribution is 0.193. The molecule has 2 amide bonds. The summed E-state index contributed by atoms with van der Waals surface area (Å²) in [5.74, 6) is 0.853. The van der Waals surface area contributed by atoms with Gasteiger partial charge in [-0.3, -0.25) is 0 Å². The lowest BCUT2D eigenvalue weighted by Crippen LogP contribution is -2.51. The maximum atomic E-state index is 12.3. The van der Waals surface area contributed by atoms with Gasteiger partial charge in [-0.2, -0.15) is 0 Å². The minimum absolute atomic E-state index is 0.0286. The lowest BCUT2D eigenvalue weighted by atomic mass is 10.3. The molecule has 1 aliphatic rings. The highest BCUT2D eigenvalue weighted by Gasteiger charge is 2.23. The van der Waals surface area contributed by atoms with Crippen LogP contribution in [0, 0.1) is 13.8 Å². The smallest absolute Gasteiger partial charge is 0.317 e. The molecule has 1 fully saturated rings. The average Bonchev–Trinajstić information content (AvgIpc) is 3.11. The first-order valence-electron chi connectivity index (χ1n) is 7.72. The van der Waals surface area contributed by atoms with Gasteiger partial charge in [0.2, 0.25) is 0 Å². The third-order valence-electron chi connectivity index (χ3n) is 4.17. The molecule has 0 saturated carbocycles. The van der Waals surface area contributed by atoms with Crippen LogP contribution in [0.5, 0.6) is 0 Å². The zero-order valence-electron chi connectivity index (χ0n) is 13.7. The summed E-state index contributed by atoms with van der Waals surface area (Å²) in [6.07, 6.45) is 3.61. The van der Waals surface area contributed by atoms with Crippen molar-refractivity contribution < 1.29 is 4.79 Å². The third-order valence-corrected chi connectivity index (χ3v) is 5.31. The van der Waals surface area contributed by atoms with E-state index in [4.69, 9.17) is 0 Å². The van der Waals surface area contributed by atoms with Gasteiger partial charge in [-0.25, -0.2) is 14.8 Å². The molecule has 0 radical (unpaired) electrons. The summed E-state index contributed by atoms with van der Waals surface area (Å²) >= 11 is 1.73. The Bertz CT molecular complexity index is 666. The summed E-state index contributed by atoms with van der Waals surface area (Å²) in [6.45, 7) is 7.65. The Kier molecular flexibility index (Phi) is 4.51. The van der Waals surface area contributed by atoms with Crippen LogP contribution in [0.3, 0.4) is 0 Å². The van der Waals surface area contributed by atoms with Gasteiger partial charge in [-0.1, -0.05) is 0 Å². The minimum atomic E-state index is -0.0286. The number of aryl methyl sites for hydroxylation is 3. The number of amides is 2. The number of thiazole rings is 1. The van der Waals surface area contributed by atoms with Crippen molar-refractivity contribution in [2.24, 2.45) is 7.05 Å². The summed E-state index contributed by atoms with van der Waals surface area (Å²) in [6, 6.07) is -0.0286. The normalized spacial score (nSPS) is 15.1. The number of imidazole rings is 1. The Balaban J connectivity index is 1.50. The van der Waals surface area contributed by atoms with Gasteiger partial charge in [0.25, 0.3) is 0 Å². The number of carbonyl (C=O) groups excluding carboxylic acids is 1. The van der Waals surface area contributed by atoms with Crippen LogP contribution < -0.4 is 10.2 Å². The van der Waals surface area contributed by atoms with E-state index in [1.807, 2.05) is 29.6 Å². The second kappa shape index (κ2) is 6.57. The predicted molar refractivity (Wildman–Crippen MR) is 90.8 cm³/mol. The molecular formula is C15H22N6OS. The molecule has 0 bridgehead atoms. The Morgan fingerprint density at radius 2 is 2.04 bits per heavy atom. The fraction of sp³-hybridized carbons (Fsp3) is 0.533. The number of hydrogen-bond acceptors (Lipinski definition) is 5. The van der Waals surface area contributed by atoms with Gasteiger partial charge in [0, 0.05) is 50.5 Å². The SMILES string of the molecule is Cc1nc(N2CCN(C(=O)NCc3nccn3C)CC2)sc1C. The molecule has 0 atom stereocenters. The molecule has 0 aromatic carbocycles. The number of piperazine rings is 1. The number of urea groups is 1. The van der Waals surface area contributed by atoms with Gasteiger partial charge < -0.3 is 19.7 Å². The van der Waals surface area contributed by atoms with Gasteiger partial charge in [-0.15, -0.1) is 11.3 Å². The first-order chi connectivity index (χ1) is 11.0. The molecule has 23 heavy (non-hydrogen) atoms. The number of nitrogens with zero attached hydrogens (tertiary/aromatic N) is 5. The summed E-state index contributed by atoms with van der Waals surface area (Å²) in [4.78, 5) is 26.4. The fourth-order valence-electron chi connectivity index (χ4n) is 2.53. The first kappa shape index (κ1) is 15.8. The van der Waals surface area contributed by atoms with Crippen molar-refractivity contribution in [1.82, 2.24) is 24.8 Å². The molecule has 2 aromatic rings. The van der Waals surface area contributed by atoms with E-state index in [0.29, 0.717) is 19.6 Å². The Hall–Kier alpha value is -2.09. The van der Waals surface area contributed by atoms with Crippen molar-refractivity contribution in [3.63, 3.8) is 0 Å². The van der Waals surface area contributed by atoms with Crippen molar-refractivity contribution in [3.05, 3.63) is 28.8 Å². The quantitative estimate of drug-likeness (QED) is 0.924. The van der Waals surface area contributed by atoms with Crippen LogP contribution in [0.1, 0.15) is 16.4 Å². The van der Waals surface area contributed by atoms with E-state index in [0.717, 1.165) is 29.7 Å². The second-order valence-corrected chi connectivity index (χ2v) is 6.91. The van der Waals surface area contributed by atoms with Crippen molar-refractivity contribution in [2.75, 3.05) is 31.1 Å². The minimum Gasteiger partial charge on any atom is -0.345 e. The van der Waals surface area contributed by atoms with Gasteiger partial charge in [0.15, 0.2) is 5.13 Å². The largest absolute Gasteiger partial charge is 0.345 e. The van der Waals surface area contributed by atoms with Gasteiger partial charge in [0.1, 0.15) is 5.82 Å². The molecule has 2 aromatic heterocycles. The molecule has 3 heterocycles. The molecular weight excluding hydrogens is 312 g/mol. The summed E-state index contributed by atoms with van der Waals surface area (Å²) in [5, 5.41) is 4.00. The van der Waals surface area contributed by atoms with Crippen LogP contribution in [0.25, 0.3) is 0 Å². The molecule has 3 rings (SSSR count). The molecule has 0 aliphatic carbocycles. The molecule has 0 unspecified atom stereocenters. The maximum Gasteiger partial charge on any atom is 0.317 e. The molecule has 1 aliphatic heterocycles. The van der Waals surface area contributed by atoms with Crippen LogP contribution >= 0.6 is 11.3 Å². The van der Waals surface area contributed by atoms with Crippen LogP contribution in [-0.4, -0.2) is 51.6 Å². The van der Waals surface area contributed by atoms with E-state index in [1.165, 1.54) is 4.88 Å².